The van der Waals surface area contributed by atoms with E-state index in [1.54, 1.807) is 11.3 Å². The fourth-order valence-corrected chi connectivity index (χ4v) is 3.99. The van der Waals surface area contributed by atoms with Crippen molar-refractivity contribution < 1.29 is 9.53 Å². The molecule has 4 nitrogen and oxygen atoms in total. The van der Waals surface area contributed by atoms with Crippen LogP contribution in [0.15, 0.2) is 78.2 Å². The highest BCUT2D eigenvalue weighted by molar-refractivity contribution is 7.17. The number of nitrogens with zero attached hydrogens (tertiary/aromatic N) is 1. The highest BCUT2D eigenvalue weighted by atomic mass is 32.1. The fraction of sp³-hybridized carbons (Fsp3) is 0.0833. The number of thiophene rings is 1. The van der Waals surface area contributed by atoms with Gasteiger partial charge in [0.1, 0.15) is 12.4 Å². The summed E-state index contributed by atoms with van der Waals surface area (Å²) >= 11 is 1.57. The predicted molar refractivity (Wildman–Crippen MR) is 116 cm³/mol. The third-order valence-electron chi connectivity index (χ3n) is 4.52. The lowest BCUT2D eigenvalue weighted by Crippen LogP contribution is -2.11. The van der Waals surface area contributed by atoms with Gasteiger partial charge in [-0.25, -0.2) is 0 Å². The molecule has 0 fully saturated rings. The standard InChI is InChI=1S/C24H18N2O2S/c25-13-12-17-8-10-20(11-9-17)28-15-18-4-3-5-19(14-18)26-24(27)22-16-29-23-7-2-1-6-21(22)23/h1-11,14,16H,12,15H2,(H,26,27). The van der Waals surface area contributed by atoms with E-state index in [1.165, 1.54) is 0 Å². The fourth-order valence-electron chi connectivity index (χ4n) is 3.05. The van der Waals surface area contributed by atoms with Crippen LogP contribution >= 0.6 is 11.3 Å². The molecular formula is C24H18N2O2S. The zero-order chi connectivity index (χ0) is 20.1. The summed E-state index contributed by atoms with van der Waals surface area (Å²) in [6.45, 7) is 0.392. The Kier molecular flexibility index (Phi) is 5.55. The van der Waals surface area contributed by atoms with Gasteiger partial charge in [-0.2, -0.15) is 5.26 Å². The Bertz CT molecular complexity index is 1190. The van der Waals surface area contributed by atoms with E-state index in [9.17, 15) is 4.79 Å². The van der Waals surface area contributed by atoms with E-state index in [2.05, 4.69) is 11.4 Å². The van der Waals surface area contributed by atoms with Crippen LogP contribution in [0.5, 0.6) is 5.75 Å². The molecule has 0 aliphatic heterocycles. The number of amides is 1. The Morgan fingerprint density at radius 3 is 2.66 bits per heavy atom. The molecule has 3 aromatic carbocycles. The molecule has 1 aromatic heterocycles. The molecule has 142 valence electrons. The summed E-state index contributed by atoms with van der Waals surface area (Å²) in [6, 6.07) is 25.2. The summed E-state index contributed by atoms with van der Waals surface area (Å²) in [6.07, 6.45) is 0.390. The molecule has 0 bridgehead atoms. The maximum Gasteiger partial charge on any atom is 0.257 e. The van der Waals surface area contributed by atoms with Crippen LogP contribution in [-0.2, 0) is 13.0 Å². The van der Waals surface area contributed by atoms with Crippen molar-refractivity contribution in [2.24, 2.45) is 0 Å². The molecule has 0 atom stereocenters. The van der Waals surface area contributed by atoms with E-state index in [-0.39, 0.29) is 5.91 Å². The van der Waals surface area contributed by atoms with Gasteiger partial charge in [-0.1, -0.05) is 42.5 Å². The largest absolute Gasteiger partial charge is 0.489 e. The molecule has 0 saturated heterocycles. The molecule has 0 saturated carbocycles. The lowest BCUT2D eigenvalue weighted by atomic mass is 10.1. The lowest BCUT2D eigenvalue weighted by Gasteiger charge is -2.09. The Labute approximate surface area is 173 Å². The average Bonchev–Trinajstić information content (AvgIpc) is 3.18. The minimum absolute atomic E-state index is 0.117. The second kappa shape index (κ2) is 8.59. The minimum atomic E-state index is -0.117. The molecule has 4 rings (SSSR count). The number of carbonyl (C=O) groups is 1. The maximum atomic E-state index is 12.7. The highest BCUT2D eigenvalue weighted by Gasteiger charge is 2.12. The average molecular weight is 398 g/mol. The third kappa shape index (κ3) is 4.45. The normalized spacial score (nSPS) is 10.4. The second-order valence-electron chi connectivity index (χ2n) is 6.57. The summed E-state index contributed by atoms with van der Waals surface area (Å²) in [5, 5.41) is 14.6. The van der Waals surface area contributed by atoms with Crippen molar-refractivity contribution in [3.05, 3.63) is 94.9 Å². The SMILES string of the molecule is N#CCc1ccc(OCc2cccc(NC(=O)c3csc4ccccc34)c2)cc1. The van der Waals surface area contributed by atoms with Crippen molar-refractivity contribution >= 4 is 33.0 Å². The number of anilines is 1. The molecule has 1 amide bonds. The first-order chi connectivity index (χ1) is 14.2. The Morgan fingerprint density at radius 2 is 1.83 bits per heavy atom. The summed E-state index contributed by atoms with van der Waals surface area (Å²) in [5.41, 5.74) is 3.34. The topological polar surface area (TPSA) is 62.1 Å². The number of hydrogen-bond acceptors (Lipinski definition) is 4. The smallest absolute Gasteiger partial charge is 0.257 e. The van der Waals surface area contributed by atoms with Crippen molar-refractivity contribution in [3.8, 4) is 11.8 Å². The molecular weight excluding hydrogens is 380 g/mol. The molecule has 0 spiro atoms. The zero-order valence-electron chi connectivity index (χ0n) is 15.6. The molecule has 1 heterocycles. The molecule has 29 heavy (non-hydrogen) atoms. The van der Waals surface area contributed by atoms with Crippen LogP contribution < -0.4 is 10.1 Å². The number of nitriles is 1. The van der Waals surface area contributed by atoms with Gasteiger partial charge >= 0.3 is 0 Å². The summed E-state index contributed by atoms with van der Waals surface area (Å²) in [4.78, 5) is 12.7. The van der Waals surface area contributed by atoms with Gasteiger partial charge < -0.3 is 10.1 Å². The molecule has 4 aromatic rings. The van der Waals surface area contributed by atoms with E-state index < -0.39 is 0 Å². The Morgan fingerprint density at radius 1 is 1.00 bits per heavy atom. The molecule has 0 unspecified atom stereocenters. The molecule has 0 aliphatic carbocycles. The number of fused-ring (bicyclic) bond motifs is 1. The van der Waals surface area contributed by atoms with Crippen molar-refractivity contribution in [2.75, 3.05) is 5.32 Å². The van der Waals surface area contributed by atoms with Crippen LogP contribution in [0.4, 0.5) is 5.69 Å². The van der Waals surface area contributed by atoms with Gasteiger partial charge in [0.2, 0.25) is 0 Å². The van der Waals surface area contributed by atoms with E-state index in [1.807, 2.05) is 78.2 Å². The van der Waals surface area contributed by atoms with Crippen LogP contribution in [-0.4, -0.2) is 5.91 Å². The summed E-state index contributed by atoms with van der Waals surface area (Å²) in [7, 11) is 0. The van der Waals surface area contributed by atoms with E-state index >= 15 is 0 Å². The molecule has 1 N–H and O–H groups in total. The first kappa shape index (κ1) is 18.7. The number of benzene rings is 3. The van der Waals surface area contributed by atoms with Crippen molar-refractivity contribution in [3.63, 3.8) is 0 Å². The van der Waals surface area contributed by atoms with Crippen molar-refractivity contribution in [2.45, 2.75) is 13.0 Å². The number of nitrogens with one attached hydrogen (secondary N) is 1. The van der Waals surface area contributed by atoms with Crippen LogP contribution in [0.2, 0.25) is 0 Å². The van der Waals surface area contributed by atoms with Gasteiger partial charge in [0.05, 0.1) is 18.1 Å². The molecule has 5 heteroatoms. The predicted octanol–water partition coefficient (Wildman–Crippen LogP) is 5.80. The van der Waals surface area contributed by atoms with E-state index in [4.69, 9.17) is 10.00 Å². The monoisotopic (exact) mass is 398 g/mol. The summed E-state index contributed by atoms with van der Waals surface area (Å²) in [5.74, 6) is 0.625. The Balaban J connectivity index is 1.42. The van der Waals surface area contributed by atoms with Gasteiger partial charge in [0.25, 0.3) is 5.91 Å². The van der Waals surface area contributed by atoms with Gasteiger partial charge in [0.15, 0.2) is 0 Å². The van der Waals surface area contributed by atoms with Crippen LogP contribution in [0.3, 0.4) is 0 Å². The maximum absolute atomic E-state index is 12.7. The second-order valence-corrected chi connectivity index (χ2v) is 7.48. The number of carbonyl (C=O) groups excluding carboxylic acids is 1. The van der Waals surface area contributed by atoms with Gasteiger partial charge in [-0.15, -0.1) is 11.3 Å². The number of ether oxygens (including phenoxy) is 1. The number of hydrogen-bond donors (Lipinski definition) is 1. The van der Waals surface area contributed by atoms with E-state index in [0.29, 0.717) is 18.6 Å². The Hall–Kier alpha value is -3.62. The van der Waals surface area contributed by atoms with Crippen LogP contribution in [0, 0.1) is 11.3 Å². The highest BCUT2D eigenvalue weighted by Crippen LogP contribution is 2.26. The van der Waals surface area contributed by atoms with Crippen LogP contribution in [0.25, 0.3) is 10.1 Å². The first-order valence-electron chi connectivity index (χ1n) is 9.18. The summed E-state index contributed by atoms with van der Waals surface area (Å²) < 4.78 is 6.92. The molecule has 0 aliphatic rings. The van der Waals surface area contributed by atoms with Gasteiger partial charge in [-0.3, -0.25) is 4.79 Å². The zero-order valence-corrected chi connectivity index (χ0v) is 16.4. The van der Waals surface area contributed by atoms with Gasteiger partial charge in [-0.05, 0) is 41.5 Å². The van der Waals surface area contributed by atoms with Crippen LogP contribution in [0.1, 0.15) is 21.5 Å². The minimum Gasteiger partial charge on any atom is -0.489 e. The first-order valence-corrected chi connectivity index (χ1v) is 10.1. The molecule has 0 radical (unpaired) electrons. The van der Waals surface area contributed by atoms with E-state index in [0.717, 1.165) is 32.6 Å². The number of rotatable bonds is 6. The van der Waals surface area contributed by atoms with Crippen molar-refractivity contribution in [1.29, 1.82) is 5.26 Å². The van der Waals surface area contributed by atoms with Crippen molar-refractivity contribution in [1.82, 2.24) is 0 Å². The van der Waals surface area contributed by atoms with Gasteiger partial charge in [0, 0.05) is 21.2 Å². The third-order valence-corrected chi connectivity index (χ3v) is 5.49. The quantitative estimate of drug-likeness (QED) is 0.446. The lowest BCUT2D eigenvalue weighted by molar-refractivity contribution is 0.102.